The van der Waals surface area contributed by atoms with Crippen LogP contribution in [0.1, 0.15) is 32.3 Å². The predicted molar refractivity (Wildman–Crippen MR) is 86.1 cm³/mol. The van der Waals surface area contributed by atoms with Crippen molar-refractivity contribution in [2.45, 2.75) is 33.1 Å². The summed E-state index contributed by atoms with van der Waals surface area (Å²) in [5.74, 6) is 0.304. The lowest BCUT2D eigenvalue weighted by Crippen LogP contribution is -2.17. The van der Waals surface area contributed by atoms with Gasteiger partial charge < -0.3 is 14.4 Å². The first kappa shape index (κ1) is 16.3. The normalized spacial score (nSPS) is 13.1. The zero-order chi connectivity index (χ0) is 17.1. The second kappa shape index (κ2) is 6.88. The summed E-state index contributed by atoms with van der Waals surface area (Å²) >= 11 is 0. The number of rotatable bonds is 4. The molecule has 1 aliphatic rings. The molecule has 0 spiro atoms. The maximum atomic E-state index is 11.8. The molecule has 0 unspecified atom stereocenters. The Hall–Kier alpha value is -2.60. The molecule has 0 fully saturated rings. The zero-order valence-electron chi connectivity index (χ0n) is 13.6. The highest BCUT2D eigenvalue weighted by atomic mass is 17.2. The van der Waals surface area contributed by atoms with Crippen molar-refractivity contribution in [3.8, 4) is 17.2 Å². The molecule has 6 heteroatoms. The molecule has 2 aromatic carbocycles. The quantitative estimate of drug-likeness (QED) is 0.486. The van der Waals surface area contributed by atoms with Crippen molar-refractivity contribution in [3.63, 3.8) is 0 Å². The molecule has 0 saturated carbocycles. The van der Waals surface area contributed by atoms with Crippen molar-refractivity contribution in [2.75, 3.05) is 6.61 Å². The van der Waals surface area contributed by atoms with Gasteiger partial charge in [-0.3, -0.25) is 9.59 Å². The maximum Gasteiger partial charge on any atom is 0.311 e. The van der Waals surface area contributed by atoms with Crippen LogP contribution >= 0.6 is 0 Å². The van der Waals surface area contributed by atoms with E-state index >= 15 is 0 Å². The van der Waals surface area contributed by atoms with E-state index in [9.17, 15) is 9.59 Å². The van der Waals surface area contributed by atoms with Crippen LogP contribution < -0.4 is 14.4 Å². The Kier molecular flexibility index (Phi) is 4.66. The number of hydrogen-bond donors (Lipinski definition) is 0. The van der Waals surface area contributed by atoms with E-state index in [-0.39, 0.29) is 24.8 Å². The number of benzene rings is 2. The molecular formula is C18H18O6. The third-order valence-corrected chi connectivity index (χ3v) is 3.76. The molecule has 126 valence electrons. The van der Waals surface area contributed by atoms with Crippen molar-refractivity contribution in [1.29, 1.82) is 0 Å². The van der Waals surface area contributed by atoms with Crippen LogP contribution in [0.2, 0.25) is 0 Å². The van der Waals surface area contributed by atoms with Gasteiger partial charge >= 0.3 is 11.9 Å². The van der Waals surface area contributed by atoms with E-state index in [0.717, 1.165) is 0 Å². The number of ether oxygens (including phenoxy) is 2. The number of carbonyl (C=O) groups excluding carboxylic acids is 2. The summed E-state index contributed by atoms with van der Waals surface area (Å²) in [4.78, 5) is 34.0. The molecule has 0 bridgehead atoms. The van der Waals surface area contributed by atoms with Crippen LogP contribution in [-0.2, 0) is 20.9 Å². The van der Waals surface area contributed by atoms with Gasteiger partial charge in [0.15, 0.2) is 5.75 Å². The fourth-order valence-electron chi connectivity index (χ4n) is 2.55. The molecular weight excluding hydrogens is 312 g/mol. The van der Waals surface area contributed by atoms with Crippen LogP contribution in [0.5, 0.6) is 17.2 Å². The van der Waals surface area contributed by atoms with Gasteiger partial charge in [-0.25, -0.2) is 0 Å². The van der Waals surface area contributed by atoms with E-state index in [2.05, 4.69) is 0 Å². The summed E-state index contributed by atoms with van der Waals surface area (Å²) in [6.45, 7) is 3.77. The largest absolute Gasteiger partial charge is 0.425 e. The van der Waals surface area contributed by atoms with Crippen LogP contribution in [0.4, 0.5) is 0 Å². The van der Waals surface area contributed by atoms with E-state index in [1.807, 2.05) is 18.2 Å². The van der Waals surface area contributed by atoms with Gasteiger partial charge in [0.2, 0.25) is 5.75 Å². The third kappa shape index (κ3) is 2.92. The molecule has 0 radical (unpaired) electrons. The van der Waals surface area contributed by atoms with Gasteiger partial charge in [0.25, 0.3) is 0 Å². The molecule has 24 heavy (non-hydrogen) atoms. The third-order valence-electron chi connectivity index (χ3n) is 3.76. The van der Waals surface area contributed by atoms with Crippen LogP contribution in [0.15, 0.2) is 24.3 Å². The fraction of sp³-hybridized carbons (Fsp3) is 0.333. The van der Waals surface area contributed by atoms with Crippen molar-refractivity contribution in [3.05, 3.63) is 29.8 Å². The summed E-state index contributed by atoms with van der Waals surface area (Å²) < 4.78 is 11.0. The van der Waals surface area contributed by atoms with Crippen molar-refractivity contribution in [2.24, 2.45) is 0 Å². The fourth-order valence-corrected chi connectivity index (χ4v) is 2.55. The van der Waals surface area contributed by atoms with Gasteiger partial charge in [0, 0.05) is 35.6 Å². The van der Waals surface area contributed by atoms with Gasteiger partial charge in [0.1, 0.15) is 5.75 Å². The van der Waals surface area contributed by atoms with Gasteiger partial charge in [-0.05, 0) is 0 Å². The molecule has 0 aromatic heterocycles. The highest BCUT2D eigenvalue weighted by Gasteiger charge is 2.28. The van der Waals surface area contributed by atoms with Gasteiger partial charge in [-0.1, -0.05) is 38.1 Å². The predicted octanol–water partition coefficient (Wildman–Crippen LogP) is 3.34. The molecule has 0 saturated heterocycles. The Morgan fingerprint density at radius 3 is 2.21 bits per heavy atom. The first-order chi connectivity index (χ1) is 11.7. The number of fused-ring (bicyclic) bond motifs is 2. The van der Waals surface area contributed by atoms with Crippen LogP contribution in [0, 0.1) is 0 Å². The first-order valence-electron chi connectivity index (χ1n) is 7.94. The number of carbonyl (C=O) groups is 2. The number of esters is 2. The van der Waals surface area contributed by atoms with Crippen LogP contribution in [-0.4, -0.2) is 18.5 Å². The van der Waals surface area contributed by atoms with Crippen molar-refractivity contribution < 1.29 is 28.8 Å². The summed E-state index contributed by atoms with van der Waals surface area (Å²) in [6.07, 6.45) is 0.979. The van der Waals surface area contributed by atoms with Gasteiger partial charge in [0.05, 0.1) is 6.61 Å². The topological polar surface area (TPSA) is 71.1 Å². The molecule has 0 amide bonds. The van der Waals surface area contributed by atoms with Gasteiger partial charge in [-0.2, -0.15) is 4.89 Å². The molecule has 1 heterocycles. The number of hydrogen-bond acceptors (Lipinski definition) is 6. The average Bonchev–Trinajstić information content (AvgIpc) is 2.63. The van der Waals surface area contributed by atoms with Crippen LogP contribution in [0.3, 0.4) is 0 Å². The highest BCUT2D eigenvalue weighted by Crippen LogP contribution is 2.47. The molecule has 3 rings (SSSR count). The first-order valence-corrected chi connectivity index (χ1v) is 7.94. The second-order valence-electron chi connectivity index (χ2n) is 5.32. The summed E-state index contributed by atoms with van der Waals surface area (Å²) in [5.41, 5.74) is 0.667. The summed E-state index contributed by atoms with van der Waals surface area (Å²) in [7, 11) is 0. The van der Waals surface area contributed by atoms with E-state index in [1.165, 1.54) is 0 Å². The maximum absolute atomic E-state index is 11.8. The highest BCUT2D eigenvalue weighted by molar-refractivity contribution is 6.00. The minimum absolute atomic E-state index is 0.233. The molecule has 1 aliphatic heterocycles. The lowest BCUT2D eigenvalue weighted by molar-refractivity contribution is -0.216. The Balaban J connectivity index is 2.26. The van der Waals surface area contributed by atoms with Crippen LogP contribution in [0.25, 0.3) is 10.8 Å². The van der Waals surface area contributed by atoms with E-state index in [0.29, 0.717) is 46.6 Å². The lowest BCUT2D eigenvalue weighted by atomic mass is 10.00. The lowest BCUT2D eigenvalue weighted by Gasteiger charge is -2.23. The Bertz CT molecular complexity index is 729. The minimum Gasteiger partial charge on any atom is -0.425 e. The van der Waals surface area contributed by atoms with Gasteiger partial charge in [-0.15, -0.1) is 0 Å². The monoisotopic (exact) mass is 330 g/mol. The van der Waals surface area contributed by atoms with Crippen molar-refractivity contribution in [1.82, 2.24) is 0 Å². The minimum atomic E-state index is -0.380. The Morgan fingerprint density at radius 2 is 1.58 bits per heavy atom. The Labute approximate surface area is 139 Å². The second-order valence-corrected chi connectivity index (χ2v) is 5.32. The average molecular weight is 330 g/mol. The molecule has 0 atom stereocenters. The van der Waals surface area contributed by atoms with E-state index in [4.69, 9.17) is 19.2 Å². The van der Waals surface area contributed by atoms with Crippen molar-refractivity contribution >= 4 is 22.7 Å². The summed E-state index contributed by atoms with van der Waals surface area (Å²) in [5, 5.41) is 1.32. The van der Waals surface area contributed by atoms with E-state index < -0.39 is 0 Å². The molecule has 0 aliphatic carbocycles. The molecule has 0 N–H and O–H groups in total. The standard InChI is InChI=1S/C18H18O6/c1-3-14(19)22-16-11-7-5-6-8-12(11)17(23-15(20)4-2)18-13(16)9-10-21-24-18/h5-8H,3-4,9-10H2,1-2H3. The zero-order valence-corrected chi connectivity index (χ0v) is 13.6. The smallest absolute Gasteiger partial charge is 0.311 e. The van der Waals surface area contributed by atoms with E-state index in [1.54, 1.807) is 19.9 Å². The summed E-state index contributed by atoms with van der Waals surface area (Å²) in [6, 6.07) is 7.26. The SMILES string of the molecule is CCC(=O)Oc1c2c(c(OC(=O)CC)c3ccccc13)OOCC2. The molecule has 6 nitrogen and oxygen atoms in total. The Morgan fingerprint density at radius 1 is 1.00 bits per heavy atom. The molecule has 2 aromatic rings.